The number of fused-ring (bicyclic) bond motifs is 5. The van der Waals surface area contributed by atoms with Crippen molar-refractivity contribution in [2.45, 2.75) is 118 Å². The molecule has 0 aromatic carbocycles. The van der Waals surface area contributed by atoms with E-state index in [2.05, 4.69) is 20.8 Å². The predicted octanol–water partition coefficient (Wildman–Crippen LogP) is 8.41. The van der Waals surface area contributed by atoms with Crippen molar-refractivity contribution in [2.75, 3.05) is 0 Å². The fraction of sp³-hybridized carbons (Fsp3) is 0.964. The highest BCUT2D eigenvalue weighted by Gasteiger charge is 2.62. The van der Waals surface area contributed by atoms with Crippen LogP contribution in [0.5, 0.6) is 0 Å². The van der Waals surface area contributed by atoms with Crippen LogP contribution in [-0.4, -0.2) is 24.5 Å². The topological polar surface area (TPSA) is 35.5 Å². The molecule has 3 nitrogen and oxygen atoms in total. The van der Waals surface area contributed by atoms with Crippen LogP contribution in [0.25, 0.3) is 0 Å². The van der Waals surface area contributed by atoms with E-state index in [4.69, 9.17) is 9.47 Å². The number of alkyl halides is 3. The molecule has 4 aliphatic carbocycles. The lowest BCUT2D eigenvalue weighted by Crippen LogP contribution is -2.54. The summed E-state index contributed by atoms with van der Waals surface area (Å²) < 4.78 is 51.2. The van der Waals surface area contributed by atoms with Gasteiger partial charge in [0.05, 0.1) is 12.0 Å². The minimum atomic E-state index is -4.04. The molecule has 0 spiro atoms. The van der Waals surface area contributed by atoms with Crippen LogP contribution in [0.15, 0.2) is 0 Å². The second-order valence-electron chi connectivity index (χ2n) is 13.0. The molecule has 0 radical (unpaired) electrons. The summed E-state index contributed by atoms with van der Waals surface area (Å²) in [5.41, 5.74) is 0.277. The lowest BCUT2D eigenvalue weighted by Gasteiger charge is -2.61. The first-order valence-electron chi connectivity index (χ1n) is 13.7. The fourth-order valence-corrected chi connectivity index (χ4v) is 9.27. The molecule has 0 aliphatic heterocycles. The van der Waals surface area contributed by atoms with Gasteiger partial charge in [-0.1, -0.05) is 20.8 Å². The van der Waals surface area contributed by atoms with Gasteiger partial charge in [0, 0.05) is 0 Å². The maximum absolute atomic E-state index is 13.5. The van der Waals surface area contributed by atoms with E-state index >= 15 is 0 Å². The first-order valence-corrected chi connectivity index (χ1v) is 13.7. The Morgan fingerprint density at radius 1 is 0.853 bits per heavy atom. The summed E-state index contributed by atoms with van der Waals surface area (Å²) in [7, 11) is 0. The molecule has 0 bridgehead atoms. The fourth-order valence-electron chi connectivity index (χ4n) is 9.27. The second-order valence-corrected chi connectivity index (χ2v) is 13.0. The molecule has 10 atom stereocenters. The highest BCUT2D eigenvalue weighted by atomic mass is 19.4. The van der Waals surface area contributed by atoms with Crippen molar-refractivity contribution in [3.63, 3.8) is 0 Å². The monoisotopic (exact) mass is 486 g/mol. The van der Waals surface area contributed by atoms with Gasteiger partial charge < -0.3 is 9.47 Å². The van der Waals surface area contributed by atoms with Gasteiger partial charge in [0.15, 0.2) is 0 Å². The molecule has 0 heterocycles. The highest BCUT2D eigenvalue weighted by molar-refractivity contribution is 5.60. The van der Waals surface area contributed by atoms with E-state index in [-0.39, 0.29) is 34.9 Å². The minimum Gasteiger partial charge on any atom is -0.432 e. The summed E-state index contributed by atoms with van der Waals surface area (Å²) in [6.07, 6.45) is 3.02. The maximum atomic E-state index is 13.5. The van der Waals surface area contributed by atoms with Gasteiger partial charge in [-0.3, -0.25) is 0 Å². The SMILES string of the molecule is CC(C)OC(=O)OC(C)[C@@H](C)C1CC[C@H]2[C@@H]3CC[C@@H]4C[C@@H](C(F)(F)F)CC[C@]4(C)[C@H]3CC[C@]12C. The van der Waals surface area contributed by atoms with E-state index in [0.717, 1.165) is 38.5 Å². The van der Waals surface area contributed by atoms with Gasteiger partial charge in [0.2, 0.25) is 0 Å². The largest absolute Gasteiger partial charge is 0.508 e. The van der Waals surface area contributed by atoms with Crippen molar-refractivity contribution < 1.29 is 27.4 Å². The number of ether oxygens (including phenoxy) is 2. The van der Waals surface area contributed by atoms with Gasteiger partial charge in [-0.25, -0.2) is 4.79 Å². The third-order valence-electron chi connectivity index (χ3n) is 11.2. The Morgan fingerprint density at radius 3 is 2.15 bits per heavy atom. The summed E-state index contributed by atoms with van der Waals surface area (Å²) >= 11 is 0. The van der Waals surface area contributed by atoms with E-state index in [1.54, 1.807) is 0 Å². The Bertz CT molecular complexity index is 752. The highest BCUT2D eigenvalue weighted by Crippen LogP contribution is 2.69. The standard InChI is InChI=1S/C28H45F3O3/c1-16(2)33-25(32)34-18(4)17(3)22-9-10-23-21-8-7-19-15-20(28(29,30)31)11-13-26(19,5)24(21)12-14-27(22,23)6/h16-24H,7-15H2,1-6H3/t17-,18?,19-,20+,21+,22?,23+,24+,26+,27-/m1/s1. The molecular formula is C28H45F3O3. The number of rotatable bonds is 4. The molecule has 4 saturated carbocycles. The lowest BCUT2D eigenvalue weighted by molar-refractivity contribution is -0.208. The van der Waals surface area contributed by atoms with Crippen LogP contribution in [0.4, 0.5) is 18.0 Å². The summed E-state index contributed by atoms with van der Waals surface area (Å²) in [4.78, 5) is 12.1. The van der Waals surface area contributed by atoms with E-state index in [1.165, 1.54) is 6.42 Å². The Morgan fingerprint density at radius 2 is 1.50 bits per heavy atom. The van der Waals surface area contributed by atoms with Crippen LogP contribution in [0.1, 0.15) is 99.3 Å². The summed E-state index contributed by atoms with van der Waals surface area (Å²) in [6, 6.07) is 0. The molecule has 4 aliphatic rings. The number of hydrogen-bond donors (Lipinski definition) is 0. The van der Waals surface area contributed by atoms with Crippen molar-refractivity contribution in [2.24, 2.45) is 52.3 Å². The van der Waals surface area contributed by atoms with E-state index in [1.807, 2.05) is 20.8 Å². The van der Waals surface area contributed by atoms with Gasteiger partial charge in [0.25, 0.3) is 0 Å². The molecule has 0 saturated heterocycles. The van der Waals surface area contributed by atoms with Crippen LogP contribution in [0, 0.1) is 52.3 Å². The normalized spacial score (nSPS) is 43.9. The molecule has 0 aromatic rings. The Labute approximate surface area is 203 Å². The Kier molecular flexibility index (Phi) is 7.05. The van der Waals surface area contributed by atoms with Gasteiger partial charge >= 0.3 is 12.3 Å². The van der Waals surface area contributed by atoms with Gasteiger partial charge in [-0.15, -0.1) is 0 Å². The van der Waals surface area contributed by atoms with Crippen molar-refractivity contribution in [3.8, 4) is 0 Å². The Balaban J connectivity index is 1.45. The van der Waals surface area contributed by atoms with E-state index in [9.17, 15) is 18.0 Å². The molecule has 0 aromatic heterocycles. The maximum Gasteiger partial charge on any atom is 0.508 e. The molecule has 34 heavy (non-hydrogen) atoms. The zero-order valence-corrected chi connectivity index (χ0v) is 21.9. The summed E-state index contributed by atoms with van der Waals surface area (Å²) in [5.74, 6) is 1.68. The van der Waals surface area contributed by atoms with Crippen LogP contribution < -0.4 is 0 Å². The Hall–Kier alpha value is -0.940. The first kappa shape index (κ1) is 26.1. The summed E-state index contributed by atoms with van der Waals surface area (Å²) in [6.45, 7) is 12.6. The van der Waals surface area contributed by atoms with Gasteiger partial charge in [-0.05, 0) is 125 Å². The average molecular weight is 487 g/mol. The molecule has 2 unspecified atom stereocenters. The molecule has 196 valence electrons. The van der Waals surface area contributed by atoms with Crippen LogP contribution in [0.3, 0.4) is 0 Å². The number of halogens is 3. The van der Waals surface area contributed by atoms with Crippen molar-refractivity contribution in [1.29, 1.82) is 0 Å². The van der Waals surface area contributed by atoms with Crippen molar-refractivity contribution in [1.82, 2.24) is 0 Å². The molecular weight excluding hydrogens is 441 g/mol. The van der Waals surface area contributed by atoms with Crippen molar-refractivity contribution in [3.05, 3.63) is 0 Å². The molecule has 0 N–H and O–H groups in total. The second kappa shape index (κ2) is 9.18. The van der Waals surface area contributed by atoms with Gasteiger partial charge in [0.1, 0.15) is 6.10 Å². The first-order chi connectivity index (χ1) is 15.8. The van der Waals surface area contributed by atoms with E-state index in [0.29, 0.717) is 36.5 Å². The molecule has 4 rings (SSSR count). The average Bonchev–Trinajstić information content (AvgIpc) is 3.08. The molecule has 4 fully saturated rings. The zero-order chi connectivity index (χ0) is 25.1. The van der Waals surface area contributed by atoms with E-state index < -0.39 is 18.2 Å². The quantitative estimate of drug-likeness (QED) is 0.374. The number of hydrogen-bond acceptors (Lipinski definition) is 3. The summed E-state index contributed by atoms with van der Waals surface area (Å²) in [5, 5.41) is 0. The zero-order valence-electron chi connectivity index (χ0n) is 21.9. The van der Waals surface area contributed by atoms with Crippen LogP contribution in [-0.2, 0) is 9.47 Å². The minimum absolute atomic E-state index is 0.0622. The number of carbonyl (C=O) groups excluding carboxylic acids is 1. The third kappa shape index (κ3) is 4.49. The van der Waals surface area contributed by atoms with Crippen molar-refractivity contribution >= 4 is 6.16 Å². The smallest absolute Gasteiger partial charge is 0.432 e. The van der Waals surface area contributed by atoms with Crippen LogP contribution in [0.2, 0.25) is 0 Å². The molecule has 0 amide bonds. The van der Waals surface area contributed by atoms with Gasteiger partial charge in [-0.2, -0.15) is 13.2 Å². The molecule has 6 heteroatoms. The third-order valence-corrected chi connectivity index (χ3v) is 11.2. The predicted molar refractivity (Wildman–Crippen MR) is 126 cm³/mol. The number of carbonyl (C=O) groups is 1. The van der Waals surface area contributed by atoms with Crippen LogP contribution >= 0.6 is 0 Å². The lowest BCUT2D eigenvalue weighted by atomic mass is 9.44.